The summed E-state index contributed by atoms with van der Waals surface area (Å²) in [6, 6.07) is 10.5. The fourth-order valence-corrected chi connectivity index (χ4v) is 2.22. The molecule has 2 rings (SSSR count). The molecule has 100 valence electrons. The summed E-state index contributed by atoms with van der Waals surface area (Å²) in [6.45, 7) is 2.00. The van der Waals surface area contributed by atoms with E-state index < -0.39 is 0 Å². The second-order valence-electron chi connectivity index (χ2n) is 4.27. The first-order valence-electron chi connectivity index (χ1n) is 5.74. The number of nitrogens with one attached hydrogen (secondary N) is 1. The van der Waals surface area contributed by atoms with E-state index in [1.54, 1.807) is 6.07 Å². The van der Waals surface area contributed by atoms with E-state index in [1.807, 2.05) is 31.2 Å². The van der Waals surface area contributed by atoms with E-state index in [9.17, 15) is 4.39 Å². The summed E-state index contributed by atoms with van der Waals surface area (Å²) in [5.74, 6) is -0.373. The van der Waals surface area contributed by atoms with Crippen molar-refractivity contribution in [2.45, 2.75) is 13.0 Å². The predicted molar refractivity (Wildman–Crippen MR) is 82.0 cm³/mol. The number of hydrogen-bond donors (Lipinski definition) is 2. The van der Waals surface area contributed by atoms with Gasteiger partial charge in [-0.1, -0.05) is 23.7 Å². The molecule has 5 heteroatoms. The van der Waals surface area contributed by atoms with Crippen LogP contribution in [0.4, 0.5) is 15.8 Å². The van der Waals surface area contributed by atoms with Crippen molar-refractivity contribution in [2.24, 2.45) is 0 Å². The average molecular weight is 344 g/mol. The summed E-state index contributed by atoms with van der Waals surface area (Å²) in [5, 5.41) is 3.94. The summed E-state index contributed by atoms with van der Waals surface area (Å²) < 4.78 is 13.7. The number of anilines is 2. The van der Waals surface area contributed by atoms with Gasteiger partial charge in [0.15, 0.2) is 0 Å². The van der Waals surface area contributed by atoms with Gasteiger partial charge in [-0.15, -0.1) is 0 Å². The quantitative estimate of drug-likeness (QED) is 0.770. The van der Waals surface area contributed by atoms with Crippen LogP contribution >= 0.6 is 27.5 Å². The monoisotopic (exact) mass is 342 g/mol. The maximum Gasteiger partial charge on any atom is 0.139 e. The smallest absolute Gasteiger partial charge is 0.139 e. The van der Waals surface area contributed by atoms with Gasteiger partial charge in [-0.05, 0) is 46.6 Å². The molecule has 0 heterocycles. The molecule has 0 fully saturated rings. The Kier molecular flexibility index (Phi) is 4.32. The zero-order valence-electron chi connectivity index (χ0n) is 10.3. The number of rotatable bonds is 3. The number of hydrogen-bond acceptors (Lipinski definition) is 2. The topological polar surface area (TPSA) is 38.0 Å². The van der Waals surface area contributed by atoms with Crippen molar-refractivity contribution < 1.29 is 4.39 Å². The van der Waals surface area contributed by atoms with E-state index in [1.165, 1.54) is 6.07 Å². The van der Waals surface area contributed by atoms with Gasteiger partial charge in [0.25, 0.3) is 0 Å². The van der Waals surface area contributed by atoms with E-state index in [0.717, 1.165) is 5.56 Å². The molecule has 0 saturated heterocycles. The first-order chi connectivity index (χ1) is 8.97. The van der Waals surface area contributed by atoms with Gasteiger partial charge in [-0.2, -0.15) is 0 Å². The SMILES string of the molecule is CC(Nc1cc(Br)c(F)cc1N)c1ccc(Cl)cc1. The van der Waals surface area contributed by atoms with Crippen LogP contribution in [0.25, 0.3) is 0 Å². The highest BCUT2D eigenvalue weighted by Crippen LogP contribution is 2.29. The number of halogens is 3. The van der Waals surface area contributed by atoms with E-state index in [-0.39, 0.29) is 11.9 Å². The Bertz CT molecular complexity index is 587. The highest BCUT2D eigenvalue weighted by Gasteiger charge is 2.10. The normalized spacial score (nSPS) is 12.2. The molecule has 0 spiro atoms. The predicted octanol–water partition coefficient (Wildman–Crippen LogP) is 5.00. The van der Waals surface area contributed by atoms with Crippen LogP contribution in [-0.2, 0) is 0 Å². The minimum atomic E-state index is -0.373. The first kappa shape index (κ1) is 14.2. The molecule has 2 aromatic rings. The van der Waals surface area contributed by atoms with Crippen LogP contribution in [0.2, 0.25) is 5.02 Å². The maximum atomic E-state index is 13.3. The Morgan fingerprint density at radius 2 is 1.89 bits per heavy atom. The van der Waals surface area contributed by atoms with E-state index in [0.29, 0.717) is 20.9 Å². The molecule has 2 aromatic carbocycles. The van der Waals surface area contributed by atoms with Crippen LogP contribution in [-0.4, -0.2) is 0 Å². The van der Waals surface area contributed by atoms with Gasteiger partial charge in [0.2, 0.25) is 0 Å². The van der Waals surface area contributed by atoms with Crippen molar-refractivity contribution in [1.29, 1.82) is 0 Å². The van der Waals surface area contributed by atoms with Gasteiger partial charge >= 0.3 is 0 Å². The molecule has 0 aliphatic carbocycles. The van der Waals surface area contributed by atoms with Crippen molar-refractivity contribution >= 4 is 38.9 Å². The lowest BCUT2D eigenvalue weighted by Crippen LogP contribution is -2.08. The number of benzene rings is 2. The Morgan fingerprint density at radius 1 is 1.26 bits per heavy atom. The van der Waals surface area contributed by atoms with Crippen LogP contribution in [0, 0.1) is 5.82 Å². The molecular formula is C14H13BrClFN2. The third-order valence-corrected chi connectivity index (χ3v) is 3.69. The molecule has 0 bridgehead atoms. The molecule has 1 unspecified atom stereocenters. The van der Waals surface area contributed by atoms with Crippen molar-refractivity contribution in [1.82, 2.24) is 0 Å². The maximum absolute atomic E-state index is 13.3. The molecule has 1 atom stereocenters. The fourth-order valence-electron chi connectivity index (χ4n) is 1.76. The Morgan fingerprint density at radius 3 is 2.53 bits per heavy atom. The molecule has 0 amide bonds. The Hall–Kier alpha value is -1.26. The Labute approximate surface area is 124 Å². The largest absolute Gasteiger partial charge is 0.397 e. The lowest BCUT2D eigenvalue weighted by molar-refractivity contribution is 0.622. The molecule has 0 aromatic heterocycles. The van der Waals surface area contributed by atoms with Crippen molar-refractivity contribution in [3.8, 4) is 0 Å². The molecule has 19 heavy (non-hydrogen) atoms. The van der Waals surface area contributed by atoms with Crippen molar-refractivity contribution in [2.75, 3.05) is 11.1 Å². The van der Waals surface area contributed by atoms with Gasteiger partial charge in [-0.3, -0.25) is 0 Å². The van der Waals surface area contributed by atoms with Crippen LogP contribution in [0.3, 0.4) is 0 Å². The van der Waals surface area contributed by atoms with Gasteiger partial charge in [0, 0.05) is 17.1 Å². The minimum Gasteiger partial charge on any atom is -0.397 e. The van der Waals surface area contributed by atoms with Crippen LogP contribution in [0.5, 0.6) is 0 Å². The minimum absolute atomic E-state index is 0.0388. The zero-order chi connectivity index (χ0) is 14.0. The highest BCUT2D eigenvalue weighted by molar-refractivity contribution is 9.10. The molecule has 0 aliphatic heterocycles. The lowest BCUT2D eigenvalue weighted by atomic mass is 10.1. The molecule has 0 radical (unpaired) electrons. The van der Waals surface area contributed by atoms with Crippen molar-refractivity contribution in [3.05, 3.63) is 57.3 Å². The number of nitrogen functional groups attached to an aromatic ring is 1. The van der Waals surface area contributed by atoms with Gasteiger partial charge < -0.3 is 11.1 Å². The fraction of sp³-hybridized carbons (Fsp3) is 0.143. The van der Waals surface area contributed by atoms with Crippen molar-refractivity contribution in [3.63, 3.8) is 0 Å². The summed E-state index contributed by atoms with van der Waals surface area (Å²) >= 11 is 9.00. The molecule has 0 aliphatic rings. The van der Waals surface area contributed by atoms with E-state index >= 15 is 0 Å². The summed E-state index contributed by atoms with van der Waals surface area (Å²) in [7, 11) is 0. The molecule has 3 N–H and O–H groups in total. The third-order valence-electron chi connectivity index (χ3n) is 2.83. The van der Waals surface area contributed by atoms with Crippen LogP contribution in [0.15, 0.2) is 40.9 Å². The van der Waals surface area contributed by atoms with Crippen LogP contribution < -0.4 is 11.1 Å². The summed E-state index contributed by atoms with van der Waals surface area (Å²) in [4.78, 5) is 0. The summed E-state index contributed by atoms with van der Waals surface area (Å²) in [6.07, 6.45) is 0. The summed E-state index contributed by atoms with van der Waals surface area (Å²) in [5.41, 5.74) is 7.94. The van der Waals surface area contributed by atoms with Gasteiger partial charge in [0.1, 0.15) is 5.82 Å². The van der Waals surface area contributed by atoms with E-state index in [2.05, 4.69) is 21.2 Å². The molecule has 2 nitrogen and oxygen atoms in total. The Balaban J connectivity index is 2.21. The lowest BCUT2D eigenvalue weighted by Gasteiger charge is -2.17. The average Bonchev–Trinajstić information content (AvgIpc) is 2.36. The second kappa shape index (κ2) is 5.80. The molecular weight excluding hydrogens is 331 g/mol. The van der Waals surface area contributed by atoms with E-state index in [4.69, 9.17) is 17.3 Å². The first-order valence-corrected chi connectivity index (χ1v) is 6.91. The van der Waals surface area contributed by atoms with Gasteiger partial charge in [0.05, 0.1) is 15.8 Å². The standard InChI is InChI=1S/C14H13BrClFN2/c1-8(9-2-4-10(16)5-3-9)19-14-6-11(15)12(17)7-13(14)18/h2-8,19H,18H2,1H3. The third kappa shape index (κ3) is 3.39. The highest BCUT2D eigenvalue weighted by atomic mass is 79.9. The number of nitrogens with two attached hydrogens (primary N) is 1. The van der Waals surface area contributed by atoms with Gasteiger partial charge in [-0.25, -0.2) is 4.39 Å². The second-order valence-corrected chi connectivity index (χ2v) is 5.56. The van der Waals surface area contributed by atoms with Crippen LogP contribution in [0.1, 0.15) is 18.5 Å². The molecule has 0 saturated carbocycles. The zero-order valence-corrected chi connectivity index (χ0v) is 12.6.